The Hall–Kier alpha value is -3.21. The fraction of sp³-hybridized carbons (Fsp3) is 0.370. The Bertz CT molecular complexity index is 988. The molecule has 3 aromatic rings. The number of carbonyl (C=O) groups is 1. The van der Waals surface area contributed by atoms with Gasteiger partial charge in [-0.25, -0.2) is 4.79 Å². The molecular formula is C27H32N2O3. The van der Waals surface area contributed by atoms with Gasteiger partial charge in [-0.2, -0.15) is 0 Å². The zero-order chi connectivity index (χ0) is 22.8. The lowest BCUT2D eigenvalue weighted by Crippen LogP contribution is -2.10. The third-order valence-electron chi connectivity index (χ3n) is 5.48. The summed E-state index contributed by atoms with van der Waals surface area (Å²) in [5.74, 6) is 1.20. The normalized spacial score (nSPS) is 11.7. The second kappa shape index (κ2) is 12.0. The molecule has 5 nitrogen and oxygen atoms in total. The summed E-state index contributed by atoms with van der Waals surface area (Å²) in [5.41, 5.74) is 3.05. The summed E-state index contributed by atoms with van der Waals surface area (Å²) in [4.78, 5) is 21.4. The minimum atomic E-state index is -0.400. The van der Waals surface area contributed by atoms with E-state index in [-0.39, 0.29) is 0 Å². The van der Waals surface area contributed by atoms with E-state index in [9.17, 15) is 4.79 Å². The van der Waals surface area contributed by atoms with Crippen molar-refractivity contribution in [3.63, 3.8) is 0 Å². The maximum atomic E-state index is 12.8. The second-order valence-corrected chi connectivity index (χ2v) is 8.12. The molecule has 0 aliphatic heterocycles. The van der Waals surface area contributed by atoms with Crippen molar-refractivity contribution < 1.29 is 14.3 Å². The van der Waals surface area contributed by atoms with Crippen LogP contribution in [0.2, 0.25) is 0 Å². The van der Waals surface area contributed by atoms with Crippen LogP contribution in [-0.2, 0) is 6.42 Å². The van der Waals surface area contributed by atoms with Crippen molar-refractivity contribution in [1.82, 2.24) is 9.97 Å². The summed E-state index contributed by atoms with van der Waals surface area (Å²) < 4.78 is 11.7. The zero-order valence-corrected chi connectivity index (χ0v) is 19.2. The molecule has 1 aromatic heterocycles. The van der Waals surface area contributed by atoms with Crippen molar-refractivity contribution in [1.29, 1.82) is 0 Å². The van der Waals surface area contributed by atoms with Gasteiger partial charge in [-0.1, -0.05) is 52.2 Å². The molecule has 3 rings (SSSR count). The zero-order valence-electron chi connectivity index (χ0n) is 19.2. The standard InChI is InChI=1S/C27H32N2O3/c1-4-6-7-8-21-9-11-22(12-10-21)27(30)32-26-14-13-23(31-19-20(3)5-2)17-24(26)25-18-28-15-16-29-25/h9-18,20H,4-8,19H2,1-3H3. The van der Waals surface area contributed by atoms with Gasteiger partial charge >= 0.3 is 5.97 Å². The Kier molecular flexibility index (Phi) is 8.79. The van der Waals surface area contributed by atoms with E-state index in [0.717, 1.165) is 19.3 Å². The van der Waals surface area contributed by atoms with Crippen LogP contribution in [0.25, 0.3) is 11.3 Å². The molecule has 2 aromatic carbocycles. The van der Waals surface area contributed by atoms with Crippen molar-refractivity contribution in [3.8, 4) is 22.8 Å². The van der Waals surface area contributed by atoms with Gasteiger partial charge in [0.15, 0.2) is 0 Å². The average Bonchev–Trinajstić information content (AvgIpc) is 2.84. The van der Waals surface area contributed by atoms with Crippen molar-refractivity contribution in [3.05, 3.63) is 72.2 Å². The fourth-order valence-electron chi connectivity index (χ4n) is 3.23. The first-order valence-corrected chi connectivity index (χ1v) is 11.4. The van der Waals surface area contributed by atoms with Gasteiger partial charge in [-0.15, -0.1) is 0 Å². The number of aromatic nitrogens is 2. The van der Waals surface area contributed by atoms with Crippen LogP contribution < -0.4 is 9.47 Å². The summed E-state index contributed by atoms with van der Waals surface area (Å²) in [7, 11) is 0. The molecule has 0 N–H and O–H groups in total. The van der Waals surface area contributed by atoms with Gasteiger partial charge in [-0.3, -0.25) is 9.97 Å². The topological polar surface area (TPSA) is 61.3 Å². The predicted octanol–water partition coefficient (Wildman–Crippen LogP) is 6.52. The molecule has 0 aliphatic carbocycles. The van der Waals surface area contributed by atoms with E-state index in [2.05, 4.69) is 30.7 Å². The molecule has 0 spiro atoms. The predicted molar refractivity (Wildman–Crippen MR) is 127 cm³/mol. The minimum Gasteiger partial charge on any atom is -0.493 e. The lowest BCUT2D eigenvalue weighted by atomic mass is 10.1. The van der Waals surface area contributed by atoms with Crippen LogP contribution in [0.15, 0.2) is 61.1 Å². The molecule has 1 atom stereocenters. The third kappa shape index (κ3) is 6.64. The smallest absolute Gasteiger partial charge is 0.343 e. The largest absolute Gasteiger partial charge is 0.493 e. The van der Waals surface area contributed by atoms with Gasteiger partial charge in [0, 0.05) is 18.0 Å². The monoisotopic (exact) mass is 432 g/mol. The Balaban J connectivity index is 1.78. The lowest BCUT2D eigenvalue weighted by molar-refractivity contribution is 0.0735. The molecule has 5 heteroatoms. The van der Waals surface area contributed by atoms with Crippen molar-refractivity contribution in [2.45, 2.75) is 52.9 Å². The molecule has 1 unspecified atom stereocenters. The average molecular weight is 433 g/mol. The first kappa shape index (κ1) is 23.5. The Labute approximate surface area is 190 Å². The number of esters is 1. The van der Waals surface area contributed by atoms with E-state index >= 15 is 0 Å². The summed E-state index contributed by atoms with van der Waals surface area (Å²) in [6.07, 6.45) is 10.5. The maximum absolute atomic E-state index is 12.8. The van der Waals surface area contributed by atoms with E-state index in [0.29, 0.717) is 40.8 Å². The molecule has 32 heavy (non-hydrogen) atoms. The Morgan fingerprint density at radius 1 is 1.03 bits per heavy atom. The molecule has 168 valence electrons. The minimum absolute atomic E-state index is 0.400. The first-order valence-electron chi connectivity index (χ1n) is 11.4. The Morgan fingerprint density at radius 2 is 1.84 bits per heavy atom. The number of hydrogen-bond donors (Lipinski definition) is 0. The van der Waals surface area contributed by atoms with Crippen LogP contribution in [-0.4, -0.2) is 22.5 Å². The highest BCUT2D eigenvalue weighted by atomic mass is 16.5. The fourth-order valence-corrected chi connectivity index (χ4v) is 3.23. The van der Waals surface area contributed by atoms with Crippen LogP contribution in [0.3, 0.4) is 0 Å². The van der Waals surface area contributed by atoms with Crippen molar-refractivity contribution in [2.24, 2.45) is 5.92 Å². The van der Waals surface area contributed by atoms with E-state index in [4.69, 9.17) is 9.47 Å². The van der Waals surface area contributed by atoms with E-state index in [1.54, 1.807) is 24.7 Å². The lowest BCUT2D eigenvalue weighted by Gasteiger charge is -2.14. The van der Waals surface area contributed by atoms with Gasteiger partial charge in [0.25, 0.3) is 0 Å². The van der Waals surface area contributed by atoms with Gasteiger partial charge in [-0.05, 0) is 54.7 Å². The number of rotatable bonds is 11. The molecule has 0 amide bonds. The van der Waals surface area contributed by atoms with Gasteiger partial charge in [0.2, 0.25) is 0 Å². The van der Waals surface area contributed by atoms with Crippen LogP contribution in [0, 0.1) is 5.92 Å². The molecule has 0 fully saturated rings. The molecule has 0 radical (unpaired) electrons. The highest BCUT2D eigenvalue weighted by molar-refractivity contribution is 5.92. The maximum Gasteiger partial charge on any atom is 0.343 e. The molecule has 0 aliphatic rings. The van der Waals surface area contributed by atoms with Gasteiger partial charge in [0.1, 0.15) is 11.5 Å². The Morgan fingerprint density at radius 3 is 2.53 bits per heavy atom. The number of benzene rings is 2. The molecule has 1 heterocycles. The number of aryl methyl sites for hydroxylation is 1. The van der Waals surface area contributed by atoms with E-state index < -0.39 is 5.97 Å². The van der Waals surface area contributed by atoms with Crippen molar-refractivity contribution >= 4 is 5.97 Å². The highest BCUT2D eigenvalue weighted by Crippen LogP contribution is 2.33. The number of carbonyl (C=O) groups excluding carboxylic acids is 1. The van der Waals surface area contributed by atoms with Gasteiger partial charge in [0.05, 0.1) is 24.1 Å². The van der Waals surface area contributed by atoms with Crippen LogP contribution >= 0.6 is 0 Å². The van der Waals surface area contributed by atoms with Crippen LogP contribution in [0.1, 0.15) is 62.4 Å². The summed E-state index contributed by atoms with van der Waals surface area (Å²) in [6, 6.07) is 13.1. The van der Waals surface area contributed by atoms with Crippen LogP contribution in [0.5, 0.6) is 11.5 Å². The molecule has 0 saturated carbocycles. The molecule has 0 saturated heterocycles. The first-order chi connectivity index (χ1) is 15.6. The molecule has 0 bridgehead atoms. The second-order valence-electron chi connectivity index (χ2n) is 8.12. The summed E-state index contributed by atoms with van der Waals surface area (Å²) in [5, 5.41) is 0. The highest BCUT2D eigenvalue weighted by Gasteiger charge is 2.15. The van der Waals surface area contributed by atoms with E-state index in [1.165, 1.54) is 18.4 Å². The third-order valence-corrected chi connectivity index (χ3v) is 5.48. The summed E-state index contributed by atoms with van der Waals surface area (Å²) in [6.45, 7) is 7.10. The van der Waals surface area contributed by atoms with Crippen molar-refractivity contribution in [2.75, 3.05) is 6.61 Å². The van der Waals surface area contributed by atoms with E-state index in [1.807, 2.05) is 36.4 Å². The number of unbranched alkanes of at least 4 members (excludes halogenated alkanes) is 2. The van der Waals surface area contributed by atoms with Crippen LogP contribution in [0.4, 0.5) is 0 Å². The van der Waals surface area contributed by atoms with Gasteiger partial charge < -0.3 is 9.47 Å². The quantitative estimate of drug-likeness (QED) is 0.196. The number of ether oxygens (including phenoxy) is 2. The summed E-state index contributed by atoms with van der Waals surface area (Å²) >= 11 is 0. The SMILES string of the molecule is CCCCCc1ccc(C(=O)Oc2ccc(OCC(C)CC)cc2-c2cnccn2)cc1. The molecular weight excluding hydrogens is 400 g/mol. The number of nitrogens with zero attached hydrogens (tertiary/aromatic N) is 2. The number of hydrogen-bond acceptors (Lipinski definition) is 5.